The third kappa shape index (κ3) is 4.66. The van der Waals surface area contributed by atoms with Crippen LogP contribution in [0.4, 0.5) is 5.69 Å². The van der Waals surface area contributed by atoms with E-state index in [1.807, 2.05) is 41.8 Å². The van der Waals surface area contributed by atoms with Gasteiger partial charge in [0.2, 0.25) is 0 Å². The van der Waals surface area contributed by atoms with E-state index < -0.39 is 4.92 Å². The average Bonchev–Trinajstić information content (AvgIpc) is 3.08. The highest BCUT2D eigenvalue weighted by atomic mass is 79.9. The van der Waals surface area contributed by atoms with Gasteiger partial charge >= 0.3 is 0 Å². The quantitative estimate of drug-likeness (QED) is 0.212. The van der Waals surface area contributed by atoms with Gasteiger partial charge in [0, 0.05) is 35.1 Å². The lowest BCUT2D eigenvalue weighted by atomic mass is 10.1. The summed E-state index contributed by atoms with van der Waals surface area (Å²) in [5.74, 6) is 0.736. The van der Waals surface area contributed by atoms with Gasteiger partial charge in [-0.3, -0.25) is 14.9 Å². The number of rotatable bonds is 8. The number of non-ortho nitro benzene ring substituents is 1. The maximum atomic E-state index is 12.6. The van der Waals surface area contributed by atoms with E-state index >= 15 is 0 Å². The largest absolute Gasteiger partial charge is 0.306 e. The van der Waals surface area contributed by atoms with Crippen molar-refractivity contribution in [2.75, 3.05) is 5.75 Å². The molecule has 0 radical (unpaired) electrons. The molecular weight excluding hydrogens is 444 g/mol. The van der Waals surface area contributed by atoms with Crippen molar-refractivity contribution in [3.63, 3.8) is 0 Å². The molecule has 28 heavy (non-hydrogen) atoms. The number of Topliss-reactive ketones (excluding diaryl/α,β-unsaturated/α-hetero) is 1. The van der Waals surface area contributed by atoms with Crippen molar-refractivity contribution in [2.45, 2.75) is 25.0 Å². The van der Waals surface area contributed by atoms with Gasteiger partial charge in [-0.25, -0.2) is 0 Å². The van der Waals surface area contributed by atoms with Gasteiger partial charge < -0.3 is 4.57 Å². The second-order valence-electron chi connectivity index (χ2n) is 5.94. The average molecular weight is 461 g/mol. The number of nitro benzene ring substituents is 1. The molecule has 3 aromatic rings. The topological polar surface area (TPSA) is 90.9 Å². The molecule has 2 aromatic carbocycles. The molecule has 0 saturated carbocycles. The molecule has 1 heterocycles. The molecule has 0 saturated heterocycles. The van der Waals surface area contributed by atoms with Crippen LogP contribution in [0.2, 0.25) is 0 Å². The van der Waals surface area contributed by atoms with E-state index in [-0.39, 0.29) is 22.8 Å². The maximum absolute atomic E-state index is 12.6. The Balaban J connectivity index is 1.73. The van der Waals surface area contributed by atoms with E-state index in [2.05, 4.69) is 26.1 Å². The molecule has 7 nitrogen and oxygen atoms in total. The summed E-state index contributed by atoms with van der Waals surface area (Å²) in [5.41, 5.74) is 1.31. The number of hydrogen-bond acceptors (Lipinski definition) is 6. The summed E-state index contributed by atoms with van der Waals surface area (Å²) in [5, 5.41) is 20.1. The van der Waals surface area contributed by atoms with Crippen molar-refractivity contribution >= 4 is 39.2 Å². The van der Waals surface area contributed by atoms with Crippen LogP contribution in [0.15, 0.2) is 58.2 Å². The predicted molar refractivity (Wildman–Crippen MR) is 111 cm³/mol. The standard InChI is InChI=1S/C19H17BrN4O3S/c1-2-23-18(10-13-6-4-3-5-7-13)21-22-19(23)28-12-17(25)15-11-14(24(26)27)8-9-16(15)20/h3-9,11H,2,10,12H2,1H3. The highest BCUT2D eigenvalue weighted by Gasteiger charge is 2.18. The molecule has 0 bridgehead atoms. The molecule has 144 valence electrons. The molecule has 9 heteroatoms. The Bertz CT molecular complexity index is 1010. The maximum Gasteiger partial charge on any atom is 0.270 e. The summed E-state index contributed by atoms with van der Waals surface area (Å²) in [6, 6.07) is 14.2. The summed E-state index contributed by atoms with van der Waals surface area (Å²) < 4.78 is 2.51. The number of carbonyl (C=O) groups excluding carboxylic acids is 1. The van der Waals surface area contributed by atoms with Gasteiger partial charge in [-0.2, -0.15) is 0 Å². The Morgan fingerprint density at radius 2 is 1.96 bits per heavy atom. The van der Waals surface area contributed by atoms with Gasteiger partial charge in [-0.05, 0) is 18.6 Å². The van der Waals surface area contributed by atoms with Crippen LogP contribution in [0, 0.1) is 10.1 Å². The molecule has 0 N–H and O–H groups in total. The fourth-order valence-electron chi connectivity index (χ4n) is 2.70. The van der Waals surface area contributed by atoms with Crippen molar-refractivity contribution in [2.24, 2.45) is 0 Å². The number of hydrogen-bond donors (Lipinski definition) is 0. The Morgan fingerprint density at radius 3 is 2.64 bits per heavy atom. The lowest BCUT2D eigenvalue weighted by molar-refractivity contribution is -0.384. The summed E-state index contributed by atoms with van der Waals surface area (Å²) in [6.45, 7) is 2.69. The van der Waals surface area contributed by atoms with Gasteiger partial charge in [0.1, 0.15) is 5.82 Å². The summed E-state index contributed by atoms with van der Waals surface area (Å²) >= 11 is 4.57. The molecular formula is C19H17BrN4O3S. The Morgan fingerprint density at radius 1 is 1.21 bits per heavy atom. The fraction of sp³-hybridized carbons (Fsp3) is 0.211. The molecule has 0 atom stereocenters. The minimum atomic E-state index is -0.514. The molecule has 0 spiro atoms. The van der Waals surface area contributed by atoms with E-state index in [0.29, 0.717) is 22.6 Å². The highest BCUT2D eigenvalue weighted by Crippen LogP contribution is 2.26. The van der Waals surface area contributed by atoms with Crippen molar-refractivity contribution in [1.29, 1.82) is 0 Å². The Kier molecular flexibility index (Phi) is 6.58. The molecule has 0 aliphatic carbocycles. The van der Waals surface area contributed by atoms with Crippen molar-refractivity contribution in [3.05, 3.63) is 80.1 Å². The first kappa shape index (κ1) is 20.2. The zero-order valence-electron chi connectivity index (χ0n) is 15.0. The SMILES string of the molecule is CCn1c(Cc2ccccc2)nnc1SCC(=O)c1cc([N+](=O)[O-])ccc1Br. The molecule has 3 rings (SSSR count). The zero-order valence-corrected chi connectivity index (χ0v) is 17.4. The smallest absolute Gasteiger partial charge is 0.270 e. The number of ketones is 1. The van der Waals surface area contributed by atoms with Gasteiger partial charge in [-0.15, -0.1) is 10.2 Å². The summed E-state index contributed by atoms with van der Waals surface area (Å²) in [6.07, 6.45) is 0.659. The third-order valence-electron chi connectivity index (χ3n) is 4.11. The monoisotopic (exact) mass is 460 g/mol. The molecule has 0 fully saturated rings. The van der Waals surface area contributed by atoms with E-state index in [4.69, 9.17) is 0 Å². The molecule has 0 aliphatic rings. The fourth-order valence-corrected chi connectivity index (χ4v) is 4.07. The van der Waals surface area contributed by atoms with E-state index in [0.717, 1.165) is 11.4 Å². The lowest BCUT2D eigenvalue weighted by Gasteiger charge is -2.08. The van der Waals surface area contributed by atoms with Crippen LogP contribution < -0.4 is 0 Å². The molecule has 0 amide bonds. The van der Waals surface area contributed by atoms with Crippen molar-refractivity contribution in [3.8, 4) is 0 Å². The van der Waals surface area contributed by atoms with Crippen molar-refractivity contribution in [1.82, 2.24) is 14.8 Å². The number of halogens is 1. The van der Waals surface area contributed by atoms with Crippen LogP contribution in [0.25, 0.3) is 0 Å². The number of benzene rings is 2. The van der Waals surface area contributed by atoms with Crippen LogP contribution in [0.5, 0.6) is 0 Å². The van der Waals surface area contributed by atoms with Crippen LogP contribution in [0.1, 0.15) is 28.7 Å². The number of thioether (sulfide) groups is 1. The lowest BCUT2D eigenvalue weighted by Crippen LogP contribution is -2.07. The van der Waals surface area contributed by atoms with E-state index in [1.165, 1.54) is 30.0 Å². The van der Waals surface area contributed by atoms with Crippen LogP contribution >= 0.6 is 27.7 Å². The normalized spacial score (nSPS) is 10.8. The predicted octanol–water partition coefficient (Wildman–Crippen LogP) is 4.53. The zero-order chi connectivity index (χ0) is 20.1. The summed E-state index contributed by atoms with van der Waals surface area (Å²) in [4.78, 5) is 23.0. The first-order valence-corrected chi connectivity index (χ1v) is 10.3. The second kappa shape index (κ2) is 9.11. The number of carbonyl (C=O) groups is 1. The number of nitrogens with zero attached hydrogens (tertiary/aromatic N) is 4. The van der Waals surface area contributed by atoms with Gasteiger partial charge in [0.05, 0.1) is 10.7 Å². The van der Waals surface area contributed by atoms with Gasteiger partial charge in [-0.1, -0.05) is 58.0 Å². The molecule has 0 aliphatic heterocycles. The van der Waals surface area contributed by atoms with Crippen LogP contribution in [-0.2, 0) is 13.0 Å². The first-order valence-electron chi connectivity index (χ1n) is 8.55. The minimum Gasteiger partial charge on any atom is -0.306 e. The van der Waals surface area contributed by atoms with Crippen LogP contribution in [0.3, 0.4) is 0 Å². The minimum absolute atomic E-state index is 0.113. The van der Waals surface area contributed by atoms with E-state index in [1.54, 1.807) is 0 Å². The number of aromatic nitrogens is 3. The van der Waals surface area contributed by atoms with Gasteiger partial charge in [0.15, 0.2) is 10.9 Å². The number of nitro groups is 1. The van der Waals surface area contributed by atoms with Crippen molar-refractivity contribution < 1.29 is 9.72 Å². The van der Waals surface area contributed by atoms with E-state index in [9.17, 15) is 14.9 Å². The van der Waals surface area contributed by atoms with Crippen LogP contribution in [-0.4, -0.2) is 31.2 Å². The second-order valence-corrected chi connectivity index (χ2v) is 7.74. The third-order valence-corrected chi connectivity index (χ3v) is 5.77. The Labute approximate surface area is 174 Å². The summed E-state index contributed by atoms with van der Waals surface area (Å²) in [7, 11) is 0. The molecule has 0 unspecified atom stereocenters. The van der Waals surface area contributed by atoms with Gasteiger partial charge in [0.25, 0.3) is 5.69 Å². The first-order chi connectivity index (χ1) is 13.5. The molecule has 1 aromatic heterocycles. The Hall–Kier alpha value is -2.52. The highest BCUT2D eigenvalue weighted by molar-refractivity contribution is 9.10.